The molecule has 0 aliphatic carbocycles. The molecule has 2 aromatic heterocycles. The summed E-state index contributed by atoms with van der Waals surface area (Å²) in [4.78, 5) is 3.59. The highest BCUT2D eigenvalue weighted by Crippen LogP contribution is 2.25. The number of anilines is 1. The smallest absolute Gasteiger partial charge is 0.258 e. The second-order valence-electron chi connectivity index (χ2n) is 4.10. The summed E-state index contributed by atoms with van der Waals surface area (Å²) in [5.41, 5.74) is 2.02. The third-order valence-corrected chi connectivity index (χ3v) is 2.36. The van der Waals surface area contributed by atoms with Crippen LogP contribution < -0.4 is 16.0 Å². The van der Waals surface area contributed by atoms with E-state index >= 15 is 0 Å². The van der Waals surface area contributed by atoms with Crippen LogP contribution in [0.1, 0.15) is 19.9 Å². The summed E-state index contributed by atoms with van der Waals surface area (Å²) in [6.45, 7) is 3.87. The molecule has 0 saturated heterocycles. The summed E-state index contributed by atoms with van der Waals surface area (Å²) in [6, 6.07) is 0.786. The van der Waals surface area contributed by atoms with E-state index in [4.69, 9.17) is 10.6 Å². The fourth-order valence-electron chi connectivity index (χ4n) is 1.39. The Kier molecular flexibility index (Phi) is 3.61. The van der Waals surface area contributed by atoms with Gasteiger partial charge in [-0.3, -0.25) is 4.68 Å². The second-order valence-corrected chi connectivity index (χ2v) is 4.10. The topological polar surface area (TPSA) is 78.0 Å². The van der Waals surface area contributed by atoms with Crippen molar-refractivity contribution in [1.82, 2.24) is 14.8 Å². The van der Waals surface area contributed by atoms with Crippen LogP contribution in [0.5, 0.6) is 11.6 Å². The Labute approximate surface area is 108 Å². The van der Waals surface area contributed by atoms with Crippen molar-refractivity contribution in [2.75, 3.05) is 5.43 Å². The van der Waals surface area contributed by atoms with Crippen molar-refractivity contribution in [2.45, 2.75) is 19.9 Å². The first-order valence-electron chi connectivity index (χ1n) is 5.56. The van der Waals surface area contributed by atoms with Gasteiger partial charge < -0.3 is 10.2 Å². The summed E-state index contributed by atoms with van der Waals surface area (Å²) in [5.74, 6) is 2.86. The molecule has 102 valence electrons. The van der Waals surface area contributed by atoms with Gasteiger partial charge in [0.25, 0.3) is 5.88 Å². The predicted octanol–water partition coefficient (Wildman–Crippen LogP) is 2.22. The maximum atomic E-state index is 13.5. The predicted molar refractivity (Wildman–Crippen MR) is 64.6 cm³/mol. The van der Waals surface area contributed by atoms with Crippen LogP contribution in [0.25, 0.3) is 0 Å². The lowest BCUT2D eigenvalue weighted by molar-refractivity contribution is 0.416. The summed E-state index contributed by atoms with van der Waals surface area (Å²) in [6.07, 6.45) is 3.00. The fourth-order valence-corrected chi connectivity index (χ4v) is 1.39. The van der Waals surface area contributed by atoms with Crippen molar-refractivity contribution in [3.05, 3.63) is 30.1 Å². The lowest BCUT2D eigenvalue weighted by atomic mass is 10.4. The van der Waals surface area contributed by atoms with Crippen LogP contribution in [0, 0.1) is 11.6 Å². The van der Waals surface area contributed by atoms with Crippen LogP contribution in [0.15, 0.2) is 18.5 Å². The Hall–Kier alpha value is -2.22. The van der Waals surface area contributed by atoms with Crippen molar-refractivity contribution >= 4 is 5.82 Å². The molecule has 0 bridgehead atoms. The van der Waals surface area contributed by atoms with E-state index in [0.717, 1.165) is 0 Å². The number of halogens is 2. The Morgan fingerprint density at radius 1 is 1.37 bits per heavy atom. The average Bonchev–Trinajstić information content (AvgIpc) is 2.81. The minimum atomic E-state index is -0.922. The zero-order valence-electron chi connectivity index (χ0n) is 10.4. The van der Waals surface area contributed by atoms with Gasteiger partial charge in [-0.2, -0.15) is 10.1 Å². The van der Waals surface area contributed by atoms with Crippen LogP contribution in [0.2, 0.25) is 0 Å². The molecule has 0 amide bonds. The molecule has 0 radical (unpaired) electrons. The van der Waals surface area contributed by atoms with Gasteiger partial charge in [0.05, 0.1) is 12.4 Å². The van der Waals surface area contributed by atoms with Crippen LogP contribution in [-0.4, -0.2) is 14.8 Å². The zero-order valence-corrected chi connectivity index (χ0v) is 10.4. The second kappa shape index (κ2) is 5.19. The molecule has 8 heteroatoms. The SMILES string of the molecule is CC(C)n1cc(Oc2nc(NN)c(F)cc2F)cn1. The number of hydrogen-bond acceptors (Lipinski definition) is 5. The Balaban J connectivity index is 2.27. The van der Waals surface area contributed by atoms with Gasteiger partial charge in [-0.05, 0) is 13.8 Å². The number of pyridine rings is 1. The first kappa shape index (κ1) is 13.2. The molecule has 0 saturated carbocycles. The lowest BCUT2D eigenvalue weighted by Gasteiger charge is -2.07. The van der Waals surface area contributed by atoms with E-state index in [1.54, 1.807) is 10.9 Å². The summed E-state index contributed by atoms with van der Waals surface area (Å²) in [7, 11) is 0. The molecule has 0 fully saturated rings. The van der Waals surface area contributed by atoms with Crippen LogP contribution in [0.3, 0.4) is 0 Å². The highest BCUT2D eigenvalue weighted by Gasteiger charge is 2.14. The highest BCUT2D eigenvalue weighted by atomic mass is 19.1. The number of hydrogen-bond donors (Lipinski definition) is 2. The number of rotatable bonds is 4. The van der Waals surface area contributed by atoms with Crippen molar-refractivity contribution in [1.29, 1.82) is 0 Å². The molecule has 0 aliphatic heterocycles. The number of hydrazine groups is 1. The van der Waals surface area contributed by atoms with Gasteiger partial charge in [-0.15, -0.1) is 0 Å². The third kappa shape index (κ3) is 2.79. The maximum Gasteiger partial charge on any atom is 0.258 e. The molecule has 0 aromatic carbocycles. The highest BCUT2D eigenvalue weighted by molar-refractivity contribution is 5.39. The summed E-state index contributed by atoms with van der Waals surface area (Å²) in [5, 5.41) is 4.03. The lowest BCUT2D eigenvalue weighted by Crippen LogP contribution is -2.11. The van der Waals surface area contributed by atoms with Crippen molar-refractivity contribution in [3.63, 3.8) is 0 Å². The Bertz CT molecular complexity index is 584. The normalized spacial score (nSPS) is 10.8. The molecule has 2 heterocycles. The number of nitrogen functional groups attached to an aromatic ring is 1. The Morgan fingerprint density at radius 2 is 2.11 bits per heavy atom. The molecule has 3 N–H and O–H groups in total. The van der Waals surface area contributed by atoms with Gasteiger partial charge in [-0.25, -0.2) is 14.6 Å². The third-order valence-electron chi connectivity index (χ3n) is 2.36. The van der Waals surface area contributed by atoms with Crippen molar-refractivity contribution < 1.29 is 13.5 Å². The molecule has 2 aromatic rings. The molecule has 2 rings (SSSR count). The first-order chi connectivity index (χ1) is 9.01. The van der Waals surface area contributed by atoms with E-state index in [1.807, 2.05) is 19.3 Å². The zero-order chi connectivity index (χ0) is 14.0. The molecular formula is C11H13F2N5O. The monoisotopic (exact) mass is 269 g/mol. The molecule has 6 nitrogen and oxygen atoms in total. The van der Waals surface area contributed by atoms with Crippen LogP contribution in [0.4, 0.5) is 14.6 Å². The minimum absolute atomic E-state index is 0.143. The molecule has 0 spiro atoms. The first-order valence-corrected chi connectivity index (χ1v) is 5.56. The fraction of sp³-hybridized carbons (Fsp3) is 0.273. The molecule has 19 heavy (non-hydrogen) atoms. The van der Waals surface area contributed by atoms with Crippen molar-refractivity contribution in [3.8, 4) is 11.6 Å². The molecule has 0 unspecified atom stereocenters. The quantitative estimate of drug-likeness (QED) is 0.657. The molecular weight excluding hydrogens is 256 g/mol. The van der Waals surface area contributed by atoms with E-state index < -0.39 is 11.6 Å². The minimum Gasteiger partial charge on any atom is -0.433 e. The summed E-state index contributed by atoms with van der Waals surface area (Å²) < 4.78 is 33.5. The number of aromatic nitrogens is 3. The molecule has 0 atom stereocenters. The van der Waals surface area contributed by atoms with Gasteiger partial charge >= 0.3 is 0 Å². The number of ether oxygens (including phenoxy) is 1. The van der Waals surface area contributed by atoms with Gasteiger partial charge in [-0.1, -0.05) is 0 Å². The molecule has 0 aliphatic rings. The van der Waals surface area contributed by atoms with E-state index in [9.17, 15) is 8.78 Å². The largest absolute Gasteiger partial charge is 0.433 e. The van der Waals surface area contributed by atoms with Crippen LogP contribution in [-0.2, 0) is 0 Å². The van der Waals surface area contributed by atoms with Crippen molar-refractivity contribution in [2.24, 2.45) is 5.84 Å². The Morgan fingerprint density at radius 3 is 2.68 bits per heavy atom. The standard InChI is InChI=1S/C11H13F2N5O/c1-6(2)18-5-7(4-15-18)19-11-9(13)3-8(12)10(16-11)17-14/h3-6H,14H2,1-2H3,(H,16,17). The summed E-state index contributed by atoms with van der Waals surface area (Å²) >= 11 is 0. The van der Waals surface area contributed by atoms with Gasteiger partial charge in [0.15, 0.2) is 23.2 Å². The number of nitrogens with one attached hydrogen (secondary N) is 1. The van der Waals surface area contributed by atoms with E-state index in [2.05, 4.69) is 10.1 Å². The average molecular weight is 269 g/mol. The van der Waals surface area contributed by atoms with E-state index in [-0.39, 0.29) is 17.7 Å². The van der Waals surface area contributed by atoms with E-state index in [1.165, 1.54) is 6.20 Å². The van der Waals surface area contributed by atoms with Gasteiger partial charge in [0, 0.05) is 12.1 Å². The van der Waals surface area contributed by atoms with E-state index in [0.29, 0.717) is 11.8 Å². The van der Waals surface area contributed by atoms with Gasteiger partial charge in [0.1, 0.15) is 0 Å². The maximum absolute atomic E-state index is 13.5. The number of nitrogens with zero attached hydrogens (tertiary/aromatic N) is 3. The van der Waals surface area contributed by atoms with Gasteiger partial charge in [0.2, 0.25) is 0 Å². The number of nitrogens with two attached hydrogens (primary N) is 1. The van der Waals surface area contributed by atoms with Crippen LogP contribution >= 0.6 is 0 Å².